The molecule has 4 rings (SSSR count). The normalized spacial score (nSPS) is 34.8. The van der Waals surface area contributed by atoms with Gasteiger partial charge in [-0.1, -0.05) is 50.3 Å². The van der Waals surface area contributed by atoms with Gasteiger partial charge in [-0.2, -0.15) is 0 Å². The molecule has 192 valence electrons. The molecule has 0 aliphatic heterocycles. The van der Waals surface area contributed by atoms with E-state index in [0.717, 1.165) is 28.9 Å². The van der Waals surface area contributed by atoms with Crippen LogP contribution >= 0.6 is 0 Å². The molecule has 0 unspecified atom stereocenters. The minimum Gasteiger partial charge on any atom is -0.493 e. The molecular weight excluding hydrogens is 436 g/mol. The highest BCUT2D eigenvalue weighted by Crippen LogP contribution is 2.59. The van der Waals surface area contributed by atoms with Crippen LogP contribution in [0.1, 0.15) is 78.2 Å². The monoisotopic (exact) mass is 480 g/mol. The molecule has 3 N–H and O–H groups in total. The number of aliphatic hydroxyl groups is 3. The van der Waals surface area contributed by atoms with Gasteiger partial charge < -0.3 is 20.1 Å². The summed E-state index contributed by atoms with van der Waals surface area (Å²) in [4.78, 5) is 0. The topological polar surface area (TPSA) is 69.9 Å². The van der Waals surface area contributed by atoms with E-state index in [9.17, 15) is 15.3 Å². The molecule has 35 heavy (non-hydrogen) atoms. The molecule has 0 heterocycles. The summed E-state index contributed by atoms with van der Waals surface area (Å²) in [5.74, 6) is 2.45. The van der Waals surface area contributed by atoms with E-state index in [1.165, 1.54) is 31.3 Å². The third-order valence-electron chi connectivity index (χ3n) is 9.04. The second-order valence-corrected chi connectivity index (χ2v) is 12.0. The van der Waals surface area contributed by atoms with Gasteiger partial charge in [0.1, 0.15) is 5.75 Å². The number of hydrogen-bond donors (Lipinski definition) is 3. The Morgan fingerprint density at radius 3 is 2.74 bits per heavy atom. The number of rotatable bonds is 6. The second-order valence-electron chi connectivity index (χ2n) is 12.0. The maximum Gasteiger partial charge on any atom is 0.119 e. The van der Waals surface area contributed by atoms with Crippen LogP contribution in [-0.2, 0) is 5.60 Å². The van der Waals surface area contributed by atoms with Gasteiger partial charge >= 0.3 is 0 Å². The Labute approximate surface area is 211 Å². The van der Waals surface area contributed by atoms with Gasteiger partial charge in [0.15, 0.2) is 0 Å². The summed E-state index contributed by atoms with van der Waals surface area (Å²) < 4.78 is 6.23. The Morgan fingerprint density at radius 1 is 1.23 bits per heavy atom. The van der Waals surface area contributed by atoms with Gasteiger partial charge in [0.25, 0.3) is 0 Å². The molecule has 0 bridgehead atoms. The Morgan fingerprint density at radius 2 is 2.00 bits per heavy atom. The van der Waals surface area contributed by atoms with Crippen molar-refractivity contribution in [1.82, 2.24) is 0 Å². The molecule has 3 aliphatic rings. The van der Waals surface area contributed by atoms with E-state index in [-0.39, 0.29) is 5.41 Å². The zero-order chi connectivity index (χ0) is 25.4. The summed E-state index contributed by atoms with van der Waals surface area (Å²) in [7, 11) is 0. The highest BCUT2D eigenvalue weighted by molar-refractivity contribution is 5.38. The van der Waals surface area contributed by atoms with Crippen LogP contribution in [0.3, 0.4) is 0 Å². The van der Waals surface area contributed by atoms with Crippen molar-refractivity contribution >= 4 is 0 Å². The minimum atomic E-state index is -0.878. The Balaban J connectivity index is 1.45. The third kappa shape index (κ3) is 5.60. The summed E-state index contributed by atoms with van der Waals surface area (Å²) in [6.45, 7) is 13.2. The van der Waals surface area contributed by atoms with E-state index >= 15 is 0 Å². The summed E-state index contributed by atoms with van der Waals surface area (Å²) in [6.07, 6.45) is 10.2. The molecule has 4 heteroatoms. The lowest BCUT2D eigenvalue weighted by atomic mass is 9.61. The summed E-state index contributed by atoms with van der Waals surface area (Å²) in [5.41, 5.74) is 3.52. The average molecular weight is 481 g/mol. The summed E-state index contributed by atoms with van der Waals surface area (Å²) in [6, 6.07) is 7.82. The minimum absolute atomic E-state index is 0.267. The number of aliphatic hydroxyl groups excluding tert-OH is 2. The fourth-order valence-corrected chi connectivity index (χ4v) is 6.99. The second kappa shape index (κ2) is 10.2. The predicted octanol–water partition coefficient (Wildman–Crippen LogP) is 6.07. The number of fused-ring (bicyclic) bond motifs is 1. The van der Waals surface area contributed by atoms with E-state index in [2.05, 4.69) is 32.6 Å². The van der Waals surface area contributed by atoms with Gasteiger partial charge in [0, 0.05) is 6.42 Å². The molecule has 0 amide bonds. The standard InChI is InChI=1S/C31H44O4/c1-20(19-35-26-10-6-9-24(17-26)30(3,4)34)27-13-14-28-22(8-7-15-31(27,28)5)11-12-23-16-25(32)18-29(33)21(23)2/h6,9-12,17,20,25,27-29,32-34H,2,7-8,13-16,18-19H2,1,3-5H3/b22-11-,23-12-/t20-,25-,27-,28-,29+,31+/m1/s1. The fourth-order valence-electron chi connectivity index (χ4n) is 6.99. The van der Waals surface area contributed by atoms with Crippen molar-refractivity contribution in [3.05, 3.63) is 65.3 Å². The van der Waals surface area contributed by atoms with Crippen molar-refractivity contribution < 1.29 is 20.1 Å². The van der Waals surface area contributed by atoms with E-state index in [0.29, 0.717) is 37.2 Å². The molecule has 1 aromatic rings. The molecule has 1 aromatic carbocycles. The summed E-state index contributed by atoms with van der Waals surface area (Å²) >= 11 is 0. The van der Waals surface area contributed by atoms with Crippen LogP contribution in [0, 0.1) is 23.2 Å². The van der Waals surface area contributed by atoms with Gasteiger partial charge in [-0.25, -0.2) is 0 Å². The van der Waals surface area contributed by atoms with Crippen molar-refractivity contribution in [2.75, 3.05) is 6.61 Å². The summed E-state index contributed by atoms with van der Waals surface area (Å²) in [5, 5.41) is 30.6. The molecule has 0 radical (unpaired) electrons. The lowest BCUT2D eigenvalue weighted by Gasteiger charge is -2.44. The molecule has 3 aliphatic carbocycles. The fraction of sp³-hybridized carbons (Fsp3) is 0.613. The molecule has 0 saturated heterocycles. The Bertz CT molecular complexity index is 984. The van der Waals surface area contributed by atoms with Crippen LogP contribution in [0.15, 0.2) is 59.7 Å². The van der Waals surface area contributed by atoms with Crippen molar-refractivity contribution in [3.63, 3.8) is 0 Å². The van der Waals surface area contributed by atoms with Crippen LogP contribution in [0.4, 0.5) is 0 Å². The van der Waals surface area contributed by atoms with Gasteiger partial charge in [-0.05, 0) is 104 Å². The van der Waals surface area contributed by atoms with Crippen LogP contribution in [0.25, 0.3) is 0 Å². The Kier molecular flexibility index (Phi) is 7.66. The number of ether oxygens (including phenoxy) is 1. The SMILES string of the molecule is C=C1/C(=C\C=C2\CCC[C@]3(C)[C@@H]2CC[C@@H]3[C@H](C)COc2cccc(C(C)(C)O)c2)C[C@@H](O)C[C@@H]1O. The highest BCUT2D eigenvalue weighted by atomic mass is 16.5. The first-order valence-electron chi connectivity index (χ1n) is 13.4. The maximum atomic E-state index is 10.3. The first-order chi connectivity index (χ1) is 16.5. The van der Waals surface area contributed by atoms with Crippen LogP contribution in [0.5, 0.6) is 5.75 Å². The van der Waals surface area contributed by atoms with Crippen molar-refractivity contribution in [1.29, 1.82) is 0 Å². The van der Waals surface area contributed by atoms with Crippen molar-refractivity contribution in [2.45, 2.75) is 90.4 Å². The largest absolute Gasteiger partial charge is 0.493 e. The van der Waals surface area contributed by atoms with Gasteiger partial charge in [0.2, 0.25) is 0 Å². The molecule has 4 nitrogen and oxygen atoms in total. The lowest BCUT2D eigenvalue weighted by Crippen LogP contribution is -2.37. The zero-order valence-electron chi connectivity index (χ0n) is 22.0. The first-order valence-corrected chi connectivity index (χ1v) is 13.4. The number of hydrogen-bond acceptors (Lipinski definition) is 4. The molecule has 6 atom stereocenters. The van der Waals surface area contributed by atoms with Gasteiger partial charge in [-0.15, -0.1) is 0 Å². The highest BCUT2D eigenvalue weighted by Gasteiger charge is 2.50. The molecule has 3 fully saturated rings. The maximum absolute atomic E-state index is 10.3. The number of benzene rings is 1. The predicted molar refractivity (Wildman–Crippen MR) is 141 cm³/mol. The zero-order valence-corrected chi connectivity index (χ0v) is 22.0. The van der Waals surface area contributed by atoms with E-state index in [1.807, 2.05) is 24.3 Å². The molecule has 0 aromatic heterocycles. The quantitative estimate of drug-likeness (QED) is 0.462. The van der Waals surface area contributed by atoms with E-state index in [4.69, 9.17) is 4.74 Å². The van der Waals surface area contributed by atoms with Crippen LogP contribution < -0.4 is 4.74 Å². The molecule has 3 saturated carbocycles. The van der Waals surface area contributed by atoms with E-state index < -0.39 is 17.8 Å². The Hall–Kier alpha value is -1.88. The molecule has 0 spiro atoms. The molecular formula is C31H44O4. The smallest absolute Gasteiger partial charge is 0.119 e. The van der Waals surface area contributed by atoms with Crippen molar-refractivity contribution in [2.24, 2.45) is 23.2 Å². The lowest BCUT2D eigenvalue weighted by molar-refractivity contribution is 0.0727. The van der Waals surface area contributed by atoms with Gasteiger partial charge in [0.05, 0.1) is 24.4 Å². The van der Waals surface area contributed by atoms with Crippen molar-refractivity contribution in [3.8, 4) is 5.75 Å². The third-order valence-corrected chi connectivity index (χ3v) is 9.04. The number of allylic oxidation sites excluding steroid dienone is 3. The first kappa shape index (κ1) is 26.2. The van der Waals surface area contributed by atoms with Gasteiger partial charge in [-0.3, -0.25) is 0 Å². The van der Waals surface area contributed by atoms with Crippen LogP contribution in [-0.4, -0.2) is 34.1 Å². The van der Waals surface area contributed by atoms with E-state index in [1.54, 1.807) is 13.8 Å². The average Bonchev–Trinajstić information content (AvgIpc) is 3.16. The van der Waals surface area contributed by atoms with Crippen LogP contribution in [0.2, 0.25) is 0 Å².